The first-order valence-corrected chi connectivity index (χ1v) is 5.77. The van der Waals surface area contributed by atoms with Crippen molar-refractivity contribution in [2.24, 2.45) is 0 Å². The number of benzene rings is 1. The van der Waals surface area contributed by atoms with Crippen LogP contribution in [0.3, 0.4) is 0 Å². The van der Waals surface area contributed by atoms with Gasteiger partial charge in [0, 0.05) is 0 Å². The highest BCUT2D eigenvalue weighted by Gasteiger charge is 2.29. The molecule has 0 saturated carbocycles. The van der Waals surface area contributed by atoms with Crippen LogP contribution in [0.4, 0.5) is 10.5 Å². The summed E-state index contributed by atoms with van der Waals surface area (Å²) in [5, 5.41) is 1.24. The molecule has 0 bridgehead atoms. The highest BCUT2D eigenvalue weighted by Crippen LogP contribution is 2.26. The summed E-state index contributed by atoms with van der Waals surface area (Å²) in [5.41, 5.74) is 3.48. The number of hydrogen-bond donors (Lipinski definition) is 1. The van der Waals surface area contributed by atoms with Gasteiger partial charge in [0.25, 0.3) is 0 Å². The Kier molecular flexibility index (Phi) is 2.98. The van der Waals surface area contributed by atoms with Crippen molar-refractivity contribution in [2.45, 2.75) is 32.8 Å². The van der Waals surface area contributed by atoms with Crippen LogP contribution in [0.15, 0.2) is 24.3 Å². The van der Waals surface area contributed by atoms with E-state index in [1.165, 1.54) is 5.01 Å². The highest BCUT2D eigenvalue weighted by atomic mass is 16.6. The summed E-state index contributed by atoms with van der Waals surface area (Å²) in [6, 6.07) is 7.34. The van der Waals surface area contributed by atoms with Crippen molar-refractivity contribution in [3.05, 3.63) is 29.8 Å². The van der Waals surface area contributed by atoms with Crippen LogP contribution in [0, 0.1) is 0 Å². The zero-order valence-corrected chi connectivity index (χ0v) is 10.7. The van der Waals surface area contributed by atoms with Crippen LogP contribution in [0.5, 0.6) is 0 Å². The van der Waals surface area contributed by atoms with Gasteiger partial charge in [-0.05, 0) is 32.4 Å². The molecule has 0 saturated heterocycles. The van der Waals surface area contributed by atoms with Crippen LogP contribution in [0.1, 0.15) is 26.3 Å². The fourth-order valence-electron chi connectivity index (χ4n) is 1.77. The molecule has 1 N–H and O–H groups in total. The summed E-state index contributed by atoms with van der Waals surface area (Å²) in [6.45, 7) is 5.31. The molecule has 1 aliphatic rings. The van der Waals surface area contributed by atoms with E-state index < -0.39 is 11.7 Å². The third-order valence-electron chi connectivity index (χ3n) is 2.43. The van der Waals surface area contributed by atoms with Gasteiger partial charge in [0.2, 0.25) is 5.91 Å². The zero-order valence-electron chi connectivity index (χ0n) is 10.7. The Labute approximate surface area is 106 Å². The van der Waals surface area contributed by atoms with Crippen molar-refractivity contribution in [3.63, 3.8) is 0 Å². The summed E-state index contributed by atoms with van der Waals surface area (Å²) in [7, 11) is 0. The lowest BCUT2D eigenvalue weighted by Crippen LogP contribution is -2.46. The monoisotopic (exact) mass is 248 g/mol. The molecular weight excluding hydrogens is 232 g/mol. The van der Waals surface area contributed by atoms with E-state index in [0.29, 0.717) is 12.1 Å². The van der Waals surface area contributed by atoms with Crippen LogP contribution >= 0.6 is 0 Å². The summed E-state index contributed by atoms with van der Waals surface area (Å²) < 4.78 is 5.12. The average Bonchev–Trinajstić information content (AvgIpc) is 2.53. The van der Waals surface area contributed by atoms with Crippen molar-refractivity contribution in [3.8, 4) is 0 Å². The Balaban J connectivity index is 2.11. The Morgan fingerprint density at radius 3 is 2.67 bits per heavy atom. The van der Waals surface area contributed by atoms with Crippen LogP contribution in [-0.2, 0) is 16.0 Å². The van der Waals surface area contributed by atoms with Crippen LogP contribution in [0.2, 0.25) is 0 Å². The number of carbonyl (C=O) groups excluding carboxylic acids is 2. The van der Waals surface area contributed by atoms with Gasteiger partial charge in [0.15, 0.2) is 0 Å². The fraction of sp³-hybridized carbons (Fsp3) is 0.385. The van der Waals surface area contributed by atoms with Crippen LogP contribution in [0.25, 0.3) is 0 Å². The number of hydrazine groups is 1. The smallest absolute Gasteiger partial charge is 0.427 e. The molecule has 0 unspecified atom stereocenters. The number of ether oxygens (including phenoxy) is 1. The maximum Gasteiger partial charge on any atom is 0.427 e. The maximum absolute atomic E-state index is 11.8. The highest BCUT2D eigenvalue weighted by molar-refractivity contribution is 6.02. The number of nitrogens with one attached hydrogen (secondary N) is 1. The molecule has 0 atom stereocenters. The number of amides is 2. The standard InChI is InChI=1S/C13H16N2O3/c1-13(2,3)18-12(17)14-15-10-7-5-4-6-9(10)8-11(15)16/h4-7H,8H2,1-3H3,(H,14,17). The minimum Gasteiger partial charge on any atom is -0.443 e. The Morgan fingerprint density at radius 1 is 1.33 bits per heavy atom. The molecule has 5 heteroatoms. The first-order valence-electron chi connectivity index (χ1n) is 5.77. The minimum atomic E-state index is -0.632. The van der Waals surface area contributed by atoms with Crippen LogP contribution in [-0.4, -0.2) is 17.6 Å². The predicted octanol–water partition coefficient (Wildman–Crippen LogP) is 2.02. The molecule has 5 nitrogen and oxygen atoms in total. The molecule has 0 aliphatic carbocycles. The number of rotatable bonds is 1. The third-order valence-corrected chi connectivity index (χ3v) is 2.43. The number of hydrogen-bond acceptors (Lipinski definition) is 3. The van der Waals surface area contributed by atoms with E-state index in [2.05, 4.69) is 5.43 Å². The molecule has 1 heterocycles. The summed E-state index contributed by atoms with van der Waals surface area (Å²) in [4.78, 5) is 23.4. The number of fused-ring (bicyclic) bond motifs is 1. The van der Waals surface area contributed by atoms with Crippen molar-refractivity contribution in [1.29, 1.82) is 0 Å². The lowest BCUT2D eigenvalue weighted by Gasteiger charge is -2.23. The van der Waals surface area contributed by atoms with Gasteiger partial charge in [-0.1, -0.05) is 18.2 Å². The van der Waals surface area contributed by atoms with E-state index in [1.54, 1.807) is 26.8 Å². The van der Waals surface area contributed by atoms with Gasteiger partial charge in [-0.3, -0.25) is 4.79 Å². The molecule has 96 valence electrons. The van der Waals surface area contributed by atoms with E-state index in [9.17, 15) is 9.59 Å². The van der Waals surface area contributed by atoms with E-state index in [-0.39, 0.29) is 5.91 Å². The SMILES string of the molecule is CC(C)(C)OC(=O)NN1C(=O)Cc2ccccc21. The molecular formula is C13H16N2O3. The van der Waals surface area contributed by atoms with E-state index in [1.807, 2.05) is 18.2 Å². The Morgan fingerprint density at radius 2 is 2.00 bits per heavy atom. The van der Waals surface area contributed by atoms with Gasteiger partial charge >= 0.3 is 6.09 Å². The molecule has 1 aromatic rings. The number of nitrogens with zero attached hydrogens (tertiary/aromatic N) is 1. The number of anilines is 1. The van der Waals surface area contributed by atoms with Gasteiger partial charge in [-0.15, -0.1) is 0 Å². The largest absolute Gasteiger partial charge is 0.443 e. The summed E-state index contributed by atoms with van der Waals surface area (Å²) in [5.74, 6) is -0.165. The number of para-hydroxylation sites is 1. The maximum atomic E-state index is 11.8. The predicted molar refractivity (Wildman–Crippen MR) is 67.0 cm³/mol. The quantitative estimate of drug-likeness (QED) is 0.827. The van der Waals surface area contributed by atoms with Gasteiger partial charge in [-0.25, -0.2) is 15.2 Å². The fourth-order valence-corrected chi connectivity index (χ4v) is 1.77. The molecule has 0 spiro atoms. The van der Waals surface area contributed by atoms with Crippen molar-refractivity contribution in [2.75, 3.05) is 5.01 Å². The molecule has 2 amide bonds. The second kappa shape index (κ2) is 4.33. The molecule has 18 heavy (non-hydrogen) atoms. The molecule has 2 rings (SSSR count). The molecule has 1 aliphatic heterocycles. The summed E-state index contributed by atoms with van der Waals surface area (Å²) >= 11 is 0. The van der Waals surface area contributed by atoms with E-state index in [4.69, 9.17) is 4.74 Å². The lowest BCUT2D eigenvalue weighted by atomic mass is 10.2. The normalized spacial score (nSPS) is 14.4. The van der Waals surface area contributed by atoms with E-state index >= 15 is 0 Å². The van der Waals surface area contributed by atoms with Gasteiger partial charge in [0.05, 0.1) is 12.1 Å². The van der Waals surface area contributed by atoms with Crippen molar-refractivity contribution >= 4 is 17.7 Å². The molecule has 0 aromatic heterocycles. The molecule has 0 fully saturated rings. The van der Waals surface area contributed by atoms with Gasteiger partial charge in [-0.2, -0.15) is 0 Å². The second-order valence-corrected chi connectivity index (χ2v) is 5.15. The third kappa shape index (κ3) is 2.61. The zero-order chi connectivity index (χ0) is 13.3. The Hall–Kier alpha value is -2.04. The van der Waals surface area contributed by atoms with Gasteiger partial charge in [0.1, 0.15) is 5.60 Å². The molecule has 0 radical (unpaired) electrons. The van der Waals surface area contributed by atoms with Crippen molar-refractivity contribution < 1.29 is 14.3 Å². The first-order chi connectivity index (χ1) is 8.37. The molecule has 1 aromatic carbocycles. The first kappa shape index (κ1) is 12.4. The van der Waals surface area contributed by atoms with Crippen LogP contribution < -0.4 is 10.4 Å². The second-order valence-electron chi connectivity index (χ2n) is 5.15. The minimum absolute atomic E-state index is 0.165. The van der Waals surface area contributed by atoms with Crippen molar-refractivity contribution in [1.82, 2.24) is 5.43 Å². The van der Waals surface area contributed by atoms with Gasteiger partial charge < -0.3 is 4.74 Å². The number of carbonyl (C=O) groups is 2. The Bertz CT molecular complexity index is 491. The summed E-state index contributed by atoms with van der Waals surface area (Å²) in [6.07, 6.45) is -0.334. The lowest BCUT2D eigenvalue weighted by molar-refractivity contribution is -0.118. The average molecular weight is 248 g/mol. The van der Waals surface area contributed by atoms with E-state index in [0.717, 1.165) is 5.56 Å². The topological polar surface area (TPSA) is 58.6 Å².